The third-order valence-electron chi connectivity index (χ3n) is 3.13. The van der Waals surface area contributed by atoms with E-state index in [1.165, 1.54) is 4.68 Å². The lowest BCUT2D eigenvalue weighted by Crippen LogP contribution is -2.21. The normalized spacial score (nSPS) is 20.9. The first-order valence-electron chi connectivity index (χ1n) is 5.69. The molecule has 1 fully saturated rings. The lowest BCUT2D eigenvalue weighted by molar-refractivity contribution is 0.0687. The molecule has 94 valence electrons. The molecule has 6 heteroatoms. The topological polar surface area (TPSA) is 78.6 Å². The zero-order valence-corrected chi connectivity index (χ0v) is 9.83. The number of hydrogen-bond acceptors (Lipinski definition) is 4. The van der Waals surface area contributed by atoms with E-state index in [2.05, 4.69) is 10.00 Å². The Bertz CT molecular complexity index is 416. The number of aryl methyl sites for hydroxylation is 1. The highest BCUT2D eigenvalue weighted by Crippen LogP contribution is 2.19. The molecule has 1 aliphatic heterocycles. The molecular weight excluding hydrogens is 222 g/mol. The molecule has 0 amide bonds. The number of carboxylic acid groups (broad SMARTS) is 1. The molecule has 2 N–H and O–H groups in total. The van der Waals surface area contributed by atoms with Crippen LogP contribution in [0.2, 0.25) is 0 Å². The summed E-state index contributed by atoms with van der Waals surface area (Å²) in [4.78, 5) is 13.2. The van der Waals surface area contributed by atoms with E-state index in [1.807, 2.05) is 0 Å². The van der Waals surface area contributed by atoms with Gasteiger partial charge in [0.05, 0.1) is 0 Å². The third-order valence-corrected chi connectivity index (χ3v) is 3.13. The summed E-state index contributed by atoms with van der Waals surface area (Å²) in [5.41, 5.74) is 0.860. The van der Waals surface area contributed by atoms with Gasteiger partial charge in [0.25, 0.3) is 0 Å². The molecule has 6 nitrogen and oxygen atoms in total. The van der Waals surface area contributed by atoms with Crippen LogP contribution in [0.1, 0.15) is 22.5 Å². The number of carboxylic acids is 1. The van der Waals surface area contributed by atoms with E-state index in [4.69, 9.17) is 10.2 Å². The molecular formula is C11H17N3O3. The van der Waals surface area contributed by atoms with Crippen LogP contribution < -0.4 is 0 Å². The molecule has 0 aliphatic carbocycles. The van der Waals surface area contributed by atoms with Gasteiger partial charge in [0.2, 0.25) is 0 Å². The van der Waals surface area contributed by atoms with Crippen LogP contribution in [0.4, 0.5) is 0 Å². The Balaban J connectivity index is 2.06. The Morgan fingerprint density at radius 2 is 2.41 bits per heavy atom. The van der Waals surface area contributed by atoms with Gasteiger partial charge in [0, 0.05) is 38.5 Å². The standard InChI is InChI=1S/C11H17N3O3/c1-13-5-9(10(12-13)11(16)17)6-14-3-2-8(4-14)7-15/h5,8,15H,2-4,6-7H2,1H3,(H,16,17). The summed E-state index contributed by atoms with van der Waals surface area (Å²) in [6.45, 7) is 2.52. The maximum atomic E-state index is 11.0. The molecule has 1 saturated heterocycles. The van der Waals surface area contributed by atoms with Gasteiger partial charge in [-0.2, -0.15) is 5.10 Å². The SMILES string of the molecule is Cn1cc(CN2CCC(CO)C2)c(C(=O)O)n1. The summed E-state index contributed by atoms with van der Waals surface area (Å²) in [5.74, 6) is -0.668. The van der Waals surface area contributed by atoms with E-state index in [0.717, 1.165) is 25.1 Å². The van der Waals surface area contributed by atoms with Crippen molar-refractivity contribution >= 4 is 5.97 Å². The van der Waals surface area contributed by atoms with E-state index in [-0.39, 0.29) is 12.3 Å². The molecule has 1 aromatic rings. The largest absolute Gasteiger partial charge is 0.476 e. The number of aromatic carboxylic acids is 1. The van der Waals surface area contributed by atoms with Crippen molar-refractivity contribution in [3.8, 4) is 0 Å². The maximum absolute atomic E-state index is 11.0. The van der Waals surface area contributed by atoms with Crippen molar-refractivity contribution in [3.05, 3.63) is 17.5 Å². The van der Waals surface area contributed by atoms with Crippen molar-refractivity contribution in [3.63, 3.8) is 0 Å². The Labute approximate surface area is 99.5 Å². The Morgan fingerprint density at radius 3 is 3.00 bits per heavy atom. The highest BCUT2D eigenvalue weighted by molar-refractivity contribution is 5.86. The second kappa shape index (κ2) is 4.85. The molecule has 2 rings (SSSR count). The molecule has 1 unspecified atom stereocenters. The summed E-state index contributed by atoms with van der Waals surface area (Å²) in [6.07, 6.45) is 2.72. The Hall–Kier alpha value is -1.40. The van der Waals surface area contributed by atoms with Gasteiger partial charge in [-0.05, 0) is 18.9 Å². The summed E-state index contributed by atoms with van der Waals surface area (Å²) in [5, 5.41) is 22.0. The summed E-state index contributed by atoms with van der Waals surface area (Å²) in [6, 6.07) is 0. The number of nitrogens with zero attached hydrogens (tertiary/aromatic N) is 3. The van der Waals surface area contributed by atoms with Gasteiger partial charge in [-0.3, -0.25) is 9.58 Å². The van der Waals surface area contributed by atoms with Crippen LogP contribution in [0.3, 0.4) is 0 Å². The van der Waals surface area contributed by atoms with Crippen molar-refractivity contribution in [2.75, 3.05) is 19.7 Å². The van der Waals surface area contributed by atoms with E-state index in [9.17, 15) is 4.79 Å². The molecule has 1 atom stereocenters. The first kappa shape index (κ1) is 12.1. The van der Waals surface area contributed by atoms with Gasteiger partial charge in [0.1, 0.15) is 0 Å². The van der Waals surface area contributed by atoms with Gasteiger partial charge in [-0.15, -0.1) is 0 Å². The zero-order valence-electron chi connectivity index (χ0n) is 9.83. The molecule has 0 bridgehead atoms. The number of rotatable bonds is 4. The Kier molecular flexibility index (Phi) is 3.44. The number of hydrogen-bond donors (Lipinski definition) is 2. The maximum Gasteiger partial charge on any atom is 0.356 e. The summed E-state index contributed by atoms with van der Waals surface area (Å²) < 4.78 is 1.53. The zero-order chi connectivity index (χ0) is 12.4. The predicted octanol–water partition coefficient (Wildman–Crippen LogP) is -0.0675. The number of carbonyl (C=O) groups is 1. The second-order valence-corrected chi connectivity index (χ2v) is 4.55. The minimum atomic E-state index is -0.987. The predicted molar refractivity (Wildman–Crippen MR) is 60.6 cm³/mol. The fourth-order valence-electron chi connectivity index (χ4n) is 2.28. The molecule has 1 aliphatic rings. The lowest BCUT2D eigenvalue weighted by Gasteiger charge is -2.14. The van der Waals surface area contributed by atoms with E-state index in [0.29, 0.717) is 12.5 Å². The van der Waals surface area contributed by atoms with Crippen molar-refractivity contribution in [2.24, 2.45) is 13.0 Å². The van der Waals surface area contributed by atoms with Gasteiger partial charge >= 0.3 is 5.97 Å². The number of aliphatic hydroxyl groups excluding tert-OH is 1. The van der Waals surface area contributed by atoms with E-state index < -0.39 is 5.97 Å². The van der Waals surface area contributed by atoms with Gasteiger partial charge < -0.3 is 10.2 Å². The fraction of sp³-hybridized carbons (Fsp3) is 0.636. The van der Waals surface area contributed by atoms with Crippen LogP contribution in [-0.4, -0.2) is 50.6 Å². The van der Waals surface area contributed by atoms with E-state index >= 15 is 0 Å². The molecule has 1 aromatic heterocycles. The first-order valence-corrected chi connectivity index (χ1v) is 5.69. The minimum Gasteiger partial charge on any atom is -0.476 e. The summed E-state index contributed by atoms with van der Waals surface area (Å²) in [7, 11) is 1.72. The molecule has 0 radical (unpaired) electrons. The second-order valence-electron chi connectivity index (χ2n) is 4.55. The van der Waals surface area contributed by atoms with Crippen LogP contribution in [0, 0.1) is 5.92 Å². The quantitative estimate of drug-likeness (QED) is 0.769. The minimum absolute atomic E-state index is 0.125. The molecule has 17 heavy (non-hydrogen) atoms. The monoisotopic (exact) mass is 239 g/mol. The van der Waals surface area contributed by atoms with E-state index in [1.54, 1.807) is 13.2 Å². The fourth-order valence-corrected chi connectivity index (χ4v) is 2.28. The van der Waals surface area contributed by atoms with Crippen molar-refractivity contribution in [1.29, 1.82) is 0 Å². The molecule has 0 spiro atoms. The van der Waals surface area contributed by atoms with Crippen molar-refractivity contribution in [1.82, 2.24) is 14.7 Å². The van der Waals surface area contributed by atoms with Crippen LogP contribution in [0.25, 0.3) is 0 Å². The smallest absolute Gasteiger partial charge is 0.356 e. The van der Waals surface area contributed by atoms with Crippen LogP contribution >= 0.6 is 0 Å². The van der Waals surface area contributed by atoms with Gasteiger partial charge in [0.15, 0.2) is 5.69 Å². The number of aromatic nitrogens is 2. The van der Waals surface area contributed by atoms with Gasteiger partial charge in [-0.25, -0.2) is 4.79 Å². The highest BCUT2D eigenvalue weighted by Gasteiger charge is 2.24. The summed E-state index contributed by atoms with van der Waals surface area (Å²) >= 11 is 0. The van der Waals surface area contributed by atoms with Crippen molar-refractivity contribution < 1.29 is 15.0 Å². The molecule has 2 heterocycles. The highest BCUT2D eigenvalue weighted by atomic mass is 16.4. The van der Waals surface area contributed by atoms with Crippen molar-refractivity contribution in [2.45, 2.75) is 13.0 Å². The van der Waals surface area contributed by atoms with Gasteiger partial charge in [-0.1, -0.05) is 0 Å². The number of likely N-dealkylation sites (tertiary alicyclic amines) is 1. The molecule has 0 saturated carbocycles. The van der Waals surface area contributed by atoms with Crippen LogP contribution in [0.15, 0.2) is 6.20 Å². The Morgan fingerprint density at radius 1 is 1.65 bits per heavy atom. The number of aliphatic hydroxyl groups is 1. The average molecular weight is 239 g/mol. The third kappa shape index (κ3) is 2.65. The average Bonchev–Trinajstić information content (AvgIpc) is 2.85. The lowest BCUT2D eigenvalue weighted by atomic mass is 10.1. The van der Waals surface area contributed by atoms with Crippen LogP contribution in [-0.2, 0) is 13.6 Å². The first-order chi connectivity index (χ1) is 8.10. The van der Waals surface area contributed by atoms with Crippen LogP contribution in [0.5, 0.6) is 0 Å². The molecule has 0 aromatic carbocycles.